The van der Waals surface area contributed by atoms with Crippen molar-refractivity contribution in [2.24, 2.45) is 0 Å². The topological polar surface area (TPSA) is 73.7 Å². The SMILES string of the molecule is COc1cnc(C2(O)CCOC(C)C2)c(OC)n1. The second-order valence-corrected chi connectivity index (χ2v) is 4.44. The third kappa shape index (κ3) is 2.39. The van der Waals surface area contributed by atoms with Crippen LogP contribution in [-0.4, -0.2) is 42.0 Å². The van der Waals surface area contributed by atoms with Crippen molar-refractivity contribution in [3.8, 4) is 11.8 Å². The van der Waals surface area contributed by atoms with Crippen molar-refractivity contribution in [2.75, 3.05) is 20.8 Å². The summed E-state index contributed by atoms with van der Waals surface area (Å²) in [4.78, 5) is 8.38. The van der Waals surface area contributed by atoms with Crippen LogP contribution in [0.1, 0.15) is 25.5 Å². The Labute approximate surface area is 106 Å². The highest BCUT2D eigenvalue weighted by Gasteiger charge is 2.39. The second kappa shape index (κ2) is 5.07. The summed E-state index contributed by atoms with van der Waals surface area (Å²) in [6, 6.07) is 0. The first-order chi connectivity index (χ1) is 8.59. The fourth-order valence-electron chi connectivity index (χ4n) is 2.20. The van der Waals surface area contributed by atoms with E-state index >= 15 is 0 Å². The molecule has 0 amide bonds. The number of hydrogen-bond donors (Lipinski definition) is 1. The number of aromatic nitrogens is 2. The van der Waals surface area contributed by atoms with Gasteiger partial charge in [-0.2, -0.15) is 4.98 Å². The lowest BCUT2D eigenvalue weighted by molar-refractivity contribution is -0.105. The molecule has 1 N–H and O–H groups in total. The maximum Gasteiger partial charge on any atom is 0.241 e. The molecule has 2 heterocycles. The van der Waals surface area contributed by atoms with Crippen molar-refractivity contribution in [3.63, 3.8) is 0 Å². The fourth-order valence-corrected chi connectivity index (χ4v) is 2.20. The third-order valence-electron chi connectivity index (χ3n) is 3.10. The smallest absolute Gasteiger partial charge is 0.241 e. The van der Waals surface area contributed by atoms with Gasteiger partial charge in [0.25, 0.3) is 0 Å². The van der Waals surface area contributed by atoms with Crippen LogP contribution in [0, 0.1) is 0 Å². The first kappa shape index (κ1) is 13.0. The van der Waals surface area contributed by atoms with E-state index in [9.17, 15) is 5.11 Å². The largest absolute Gasteiger partial charge is 0.480 e. The van der Waals surface area contributed by atoms with Crippen molar-refractivity contribution < 1.29 is 19.3 Å². The molecular weight excluding hydrogens is 236 g/mol. The van der Waals surface area contributed by atoms with Crippen molar-refractivity contribution in [3.05, 3.63) is 11.9 Å². The van der Waals surface area contributed by atoms with Gasteiger partial charge in [-0.05, 0) is 6.92 Å². The zero-order chi connectivity index (χ0) is 13.2. The number of nitrogens with zero attached hydrogens (tertiary/aromatic N) is 2. The Hall–Kier alpha value is -1.40. The Bertz CT molecular complexity index is 427. The Balaban J connectivity index is 2.36. The molecule has 0 spiro atoms. The molecule has 2 atom stereocenters. The molecule has 18 heavy (non-hydrogen) atoms. The Morgan fingerprint density at radius 1 is 1.44 bits per heavy atom. The van der Waals surface area contributed by atoms with E-state index < -0.39 is 5.60 Å². The molecule has 6 heteroatoms. The number of aliphatic hydroxyl groups is 1. The van der Waals surface area contributed by atoms with E-state index in [2.05, 4.69) is 9.97 Å². The quantitative estimate of drug-likeness (QED) is 0.863. The molecule has 0 aromatic carbocycles. The van der Waals surface area contributed by atoms with E-state index in [1.807, 2.05) is 6.92 Å². The summed E-state index contributed by atoms with van der Waals surface area (Å²) in [5, 5.41) is 10.7. The predicted molar refractivity (Wildman–Crippen MR) is 63.7 cm³/mol. The van der Waals surface area contributed by atoms with Gasteiger partial charge in [-0.25, -0.2) is 4.98 Å². The van der Waals surface area contributed by atoms with Crippen LogP contribution in [0.5, 0.6) is 11.8 Å². The molecule has 2 rings (SSSR count). The molecular formula is C12H18N2O4. The minimum Gasteiger partial charge on any atom is -0.480 e. The summed E-state index contributed by atoms with van der Waals surface area (Å²) in [6.45, 7) is 2.42. The molecule has 1 aromatic rings. The van der Waals surface area contributed by atoms with Crippen LogP contribution in [0.4, 0.5) is 0 Å². The van der Waals surface area contributed by atoms with Gasteiger partial charge in [0.15, 0.2) is 0 Å². The monoisotopic (exact) mass is 254 g/mol. The molecule has 1 aromatic heterocycles. The van der Waals surface area contributed by atoms with E-state index in [0.717, 1.165) is 0 Å². The minimum absolute atomic E-state index is 0.0163. The third-order valence-corrected chi connectivity index (χ3v) is 3.10. The highest BCUT2D eigenvalue weighted by Crippen LogP contribution is 2.37. The summed E-state index contributed by atoms with van der Waals surface area (Å²) in [5.74, 6) is 0.658. The second-order valence-electron chi connectivity index (χ2n) is 4.44. The summed E-state index contributed by atoms with van der Waals surface area (Å²) in [7, 11) is 3.01. The molecule has 0 saturated carbocycles. The molecule has 1 aliphatic rings. The molecule has 100 valence electrons. The summed E-state index contributed by atoms with van der Waals surface area (Å²) in [5.41, 5.74) is -0.608. The average molecular weight is 254 g/mol. The van der Waals surface area contributed by atoms with Gasteiger partial charge in [0.05, 0.1) is 33.1 Å². The van der Waals surface area contributed by atoms with Crippen LogP contribution in [0.15, 0.2) is 6.20 Å². The molecule has 1 saturated heterocycles. The lowest BCUT2D eigenvalue weighted by atomic mass is 9.87. The van der Waals surface area contributed by atoms with E-state index in [-0.39, 0.29) is 6.10 Å². The van der Waals surface area contributed by atoms with Crippen LogP contribution >= 0.6 is 0 Å². The van der Waals surface area contributed by atoms with Crippen molar-refractivity contribution in [2.45, 2.75) is 31.5 Å². The van der Waals surface area contributed by atoms with Gasteiger partial charge in [0, 0.05) is 12.8 Å². The van der Waals surface area contributed by atoms with Gasteiger partial charge < -0.3 is 19.3 Å². The summed E-state index contributed by atoms with van der Waals surface area (Å²) >= 11 is 0. The Kier molecular flexibility index (Phi) is 3.68. The van der Waals surface area contributed by atoms with E-state index in [1.165, 1.54) is 20.4 Å². The Morgan fingerprint density at radius 2 is 2.22 bits per heavy atom. The van der Waals surface area contributed by atoms with Gasteiger partial charge in [-0.1, -0.05) is 0 Å². The number of methoxy groups -OCH3 is 2. The zero-order valence-electron chi connectivity index (χ0n) is 10.8. The van der Waals surface area contributed by atoms with Gasteiger partial charge in [-0.15, -0.1) is 0 Å². The molecule has 2 unspecified atom stereocenters. The van der Waals surface area contributed by atoms with Gasteiger partial charge in [0.2, 0.25) is 11.8 Å². The van der Waals surface area contributed by atoms with Crippen LogP contribution in [0.3, 0.4) is 0 Å². The first-order valence-electron chi connectivity index (χ1n) is 5.88. The van der Waals surface area contributed by atoms with Gasteiger partial charge in [-0.3, -0.25) is 0 Å². The number of hydrogen-bond acceptors (Lipinski definition) is 6. The highest BCUT2D eigenvalue weighted by molar-refractivity contribution is 5.28. The van der Waals surface area contributed by atoms with Gasteiger partial charge >= 0.3 is 0 Å². The van der Waals surface area contributed by atoms with Crippen molar-refractivity contribution >= 4 is 0 Å². The predicted octanol–water partition coefficient (Wildman–Crippen LogP) is 0.880. The van der Waals surface area contributed by atoms with Crippen molar-refractivity contribution in [1.82, 2.24) is 9.97 Å². The molecule has 0 bridgehead atoms. The first-order valence-corrected chi connectivity index (χ1v) is 5.88. The van der Waals surface area contributed by atoms with Crippen LogP contribution in [0.25, 0.3) is 0 Å². The summed E-state index contributed by atoms with van der Waals surface area (Å²) in [6.07, 6.45) is 2.42. The van der Waals surface area contributed by atoms with E-state index in [4.69, 9.17) is 14.2 Å². The van der Waals surface area contributed by atoms with E-state index in [1.54, 1.807) is 0 Å². The standard InChI is InChI=1S/C12H18N2O4/c1-8-6-12(15,4-5-18-8)10-11(17-3)14-9(16-2)7-13-10/h7-8,15H,4-6H2,1-3H3. The normalized spacial score (nSPS) is 27.9. The average Bonchev–Trinajstić information content (AvgIpc) is 2.37. The fraction of sp³-hybridized carbons (Fsp3) is 0.667. The van der Waals surface area contributed by atoms with Crippen LogP contribution in [-0.2, 0) is 10.3 Å². The number of rotatable bonds is 3. The summed E-state index contributed by atoms with van der Waals surface area (Å²) < 4.78 is 15.6. The molecule has 0 aliphatic carbocycles. The Morgan fingerprint density at radius 3 is 2.83 bits per heavy atom. The molecule has 0 radical (unpaired) electrons. The lowest BCUT2D eigenvalue weighted by Gasteiger charge is -2.35. The van der Waals surface area contributed by atoms with Crippen LogP contribution in [0.2, 0.25) is 0 Å². The zero-order valence-corrected chi connectivity index (χ0v) is 10.8. The highest BCUT2D eigenvalue weighted by atomic mass is 16.5. The van der Waals surface area contributed by atoms with Crippen LogP contribution < -0.4 is 9.47 Å². The molecule has 1 aliphatic heterocycles. The molecule has 6 nitrogen and oxygen atoms in total. The van der Waals surface area contributed by atoms with Crippen molar-refractivity contribution in [1.29, 1.82) is 0 Å². The maximum absolute atomic E-state index is 10.7. The molecule has 1 fully saturated rings. The van der Waals surface area contributed by atoms with E-state index in [0.29, 0.717) is 36.9 Å². The minimum atomic E-state index is -1.05. The number of ether oxygens (including phenoxy) is 3. The lowest BCUT2D eigenvalue weighted by Crippen LogP contribution is -2.38. The van der Waals surface area contributed by atoms with Gasteiger partial charge in [0.1, 0.15) is 11.3 Å². The maximum atomic E-state index is 10.7.